The first kappa shape index (κ1) is 26.9. The number of hydrogen-bond donors (Lipinski definition) is 0. The summed E-state index contributed by atoms with van der Waals surface area (Å²) in [6, 6.07) is 18.5. The minimum atomic E-state index is -2.02. The van der Waals surface area contributed by atoms with Crippen LogP contribution in [0.15, 0.2) is 82.2 Å². The molecule has 0 amide bonds. The Kier molecular flexibility index (Phi) is 7.28. The van der Waals surface area contributed by atoms with Gasteiger partial charge < -0.3 is 18.3 Å². The zero-order valence-electron chi connectivity index (χ0n) is 22.3. The molecule has 4 aromatic rings. The average Bonchev–Trinajstić information content (AvgIpc) is 2.84. The van der Waals surface area contributed by atoms with Crippen LogP contribution in [0.4, 0.5) is 0 Å². The zero-order valence-corrected chi connectivity index (χ0v) is 23.3. The molecule has 196 valence electrons. The molecule has 0 aliphatic heterocycles. The Morgan fingerprint density at radius 1 is 0.868 bits per heavy atom. The van der Waals surface area contributed by atoms with Gasteiger partial charge >= 0.3 is 11.9 Å². The number of ether oxygens (including phenoxy) is 2. The molecule has 0 saturated carbocycles. The predicted molar refractivity (Wildman–Crippen MR) is 148 cm³/mol. The van der Waals surface area contributed by atoms with Crippen LogP contribution in [0.25, 0.3) is 22.1 Å². The minimum Gasteiger partial charge on any atom is -0.544 e. The lowest BCUT2D eigenvalue weighted by molar-refractivity contribution is -0.131. The molecule has 4 rings (SSSR count). The molecule has 8 heteroatoms. The first-order valence-corrected chi connectivity index (χ1v) is 15.1. The largest absolute Gasteiger partial charge is 0.544 e. The predicted octanol–water partition coefficient (Wildman–Crippen LogP) is 6.99. The van der Waals surface area contributed by atoms with Crippen LogP contribution in [0.1, 0.15) is 38.1 Å². The van der Waals surface area contributed by atoms with Crippen molar-refractivity contribution in [3.05, 3.63) is 88.8 Å². The minimum absolute atomic E-state index is 0.0481. The van der Waals surface area contributed by atoms with E-state index in [2.05, 4.69) is 33.9 Å². The van der Waals surface area contributed by atoms with E-state index < -0.39 is 20.3 Å². The van der Waals surface area contributed by atoms with E-state index in [4.69, 9.17) is 18.3 Å². The molecule has 0 fully saturated rings. The number of fused-ring (bicyclic) bond motifs is 1. The topological polar surface area (TPSA) is 92.0 Å². The highest BCUT2D eigenvalue weighted by Gasteiger charge is 2.38. The molecule has 0 unspecified atom stereocenters. The molecule has 1 aromatic heterocycles. The Hall–Kier alpha value is -4.17. The second-order valence-electron chi connectivity index (χ2n) is 10.5. The molecular formula is C30H30O7Si. The standard InChI is InChI=1S/C30H30O7Si/c1-19(31)35-26-17-23(36-29(33)21-10-8-7-9-11-21)16-25-27(26)28(32)24(18-34-25)20-12-14-22(15-13-20)37-38(5,6)30(2,3)4/h7-18H,1-6H3. The number of benzene rings is 3. The quantitative estimate of drug-likeness (QED) is 0.151. The summed E-state index contributed by atoms with van der Waals surface area (Å²) < 4.78 is 22.9. The molecule has 38 heavy (non-hydrogen) atoms. The Morgan fingerprint density at radius 2 is 1.53 bits per heavy atom. The summed E-state index contributed by atoms with van der Waals surface area (Å²) in [5, 5.41) is 0.116. The van der Waals surface area contributed by atoms with Gasteiger partial charge in [-0.3, -0.25) is 9.59 Å². The second kappa shape index (κ2) is 10.3. The summed E-state index contributed by atoms with van der Waals surface area (Å²) in [6.07, 6.45) is 1.34. The van der Waals surface area contributed by atoms with Gasteiger partial charge in [0.2, 0.25) is 13.7 Å². The van der Waals surface area contributed by atoms with Crippen LogP contribution in [-0.4, -0.2) is 20.3 Å². The first-order valence-electron chi connectivity index (χ1n) is 12.2. The fourth-order valence-electron chi connectivity index (χ4n) is 3.58. The van der Waals surface area contributed by atoms with Crippen molar-refractivity contribution in [1.29, 1.82) is 0 Å². The third kappa shape index (κ3) is 5.70. The fourth-order valence-corrected chi connectivity index (χ4v) is 4.61. The molecule has 0 spiro atoms. The summed E-state index contributed by atoms with van der Waals surface area (Å²) in [5.74, 6) is -0.478. The maximum absolute atomic E-state index is 13.5. The molecule has 1 heterocycles. The van der Waals surface area contributed by atoms with Crippen LogP contribution < -0.4 is 19.3 Å². The van der Waals surface area contributed by atoms with Gasteiger partial charge in [0, 0.05) is 19.1 Å². The van der Waals surface area contributed by atoms with Gasteiger partial charge in [0.05, 0.1) is 11.1 Å². The summed E-state index contributed by atoms with van der Waals surface area (Å²) >= 11 is 0. The molecule has 0 atom stereocenters. The summed E-state index contributed by atoms with van der Waals surface area (Å²) in [5.41, 5.74) is 0.988. The lowest BCUT2D eigenvalue weighted by atomic mass is 10.0. The van der Waals surface area contributed by atoms with Crippen molar-refractivity contribution in [3.8, 4) is 28.4 Å². The third-order valence-electron chi connectivity index (χ3n) is 6.63. The molecule has 0 aliphatic rings. The van der Waals surface area contributed by atoms with Crippen molar-refractivity contribution in [2.24, 2.45) is 0 Å². The van der Waals surface area contributed by atoms with Gasteiger partial charge in [0.15, 0.2) is 0 Å². The average molecular weight is 531 g/mol. The van der Waals surface area contributed by atoms with Gasteiger partial charge in [-0.15, -0.1) is 0 Å². The van der Waals surface area contributed by atoms with Crippen LogP contribution >= 0.6 is 0 Å². The van der Waals surface area contributed by atoms with Crippen LogP contribution in [0.3, 0.4) is 0 Å². The lowest BCUT2D eigenvalue weighted by Gasteiger charge is -2.36. The van der Waals surface area contributed by atoms with Crippen LogP contribution in [0, 0.1) is 0 Å². The maximum atomic E-state index is 13.5. The molecule has 7 nitrogen and oxygen atoms in total. The van der Waals surface area contributed by atoms with Gasteiger partial charge in [0.25, 0.3) is 0 Å². The normalized spacial score (nSPS) is 11.7. The zero-order chi connectivity index (χ0) is 27.7. The molecule has 0 bridgehead atoms. The number of rotatable bonds is 6. The second-order valence-corrected chi connectivity index (χ2v) is 15.2. The van der Waals surface area contributed by atoms with E-state index in [1.165, 1.54) is 25.3 Å². The number of carbonyl (C=O) groups excluding carboxylic acids is 2. The van der Waals surface area contributed by atoms with Crippen molar-refractivity contribution < 1.29 is 27.9 Å². The van der Waals surface area contributed by atoms with E-state index in [0.29, 0.717) is 16.7 Å². The van der Waals surface area contributed by atoms with E-state index >= 15 is 0 Å². The van der Waals surface area contributed by atoms with Crippen LogP contribution in [0.2, 0.25) is 18.1 Å². The lowest BCUT2D eigenvalue weighted by Crippen LogP contribution is -2.43. The number of esters is 2. The molecular weight excluding hydrogens is 500 g/mol. The van der Waals surface area contributed by atoms with Crippen molar-refractivity contribution >= 4 is 31.2 Å². The van der Waals surface area contributed by atoms with Crippen molar-refractivity contribution in [2.45, 2.75) is 45.8 Å². The number of hydrogen-bond acceptors (Lipinski definition) is 7. The first-order chi connectivity index (χ1) is 17.9. The fraction of sp³-hybridized carbons (Fsp3) is 0.233. The van der Waals surface area contributed by atoms with Gasteiger partial charge in [-0.05, 0) is 48.0 Å². The molecule has 0 radical (unpaired) electrons. The monoisotopic (exact) mass is 530 g/mol. The Bertz CT molecular complexity index is 1550. The summed E-state index contributed by atoms with van der Waals surface area (Å²) in [4.78, 5) is 37.9. The highest BCUT2D eigenvalue weighted by atomic mass is 28.4. The summed E-state index contributed by atoms with van der Waals surface area (Å²) in [7, 11) is -2.02. The third-order valence-corrected chi connectivity index (χ3v) is 11.0. The smallest absolute Gasteiger partial charge is 0.343 e. The SMILES string of the molecule is CC(=O)Oc1cc(OC(=O)c2ccccc2)cc2occ(-c3ccc(O[Si](C)(C)C(C)(C)C)cc3)c(=O)c12. The Balaban J connectivity index is 1.71. The van der Waals surface area contributed by atoms with Crippen molar-refractivity contribution in [1.82, 2.24) is 0 Å². The van der Waals surface area contributed by atoms with E-state index in [1.54, 1.807) is 42.5 Å². The Labute approximate surface area is 222 Å². The van der Waals surface area contributed by atoms with E-state index in [-0.39, 0.29) is 32.9 Å². The highest BCUT2D eigenvalue weighted by Crippen LogP contribution is 2.38. The van der Waals surface area contributed by atoms with E-state index in [0.717, 1.165) is 5.75 Å². The van der Waals surface area contributed by atoms with Gasteiger partial charge in [-0.1, -0.05) is 51.1 Å². The number of carbonyl (C=O) groups is 2. The van der Waals surface area contributed by atoms with E-state index in [9.17, 15) is 14.4 Å². The van der Waals surface area contributed by atoms with E-state index in [1.807, 2.05) is 12.1 Å². The molecule has 3 aromatic carbocycles. The highest BCUT2D eigenvalue weighted by molar-refractivity contribution is 6.74. The van der Waals surface area contributed by atoms with Gasteiger partial charge in [-0.25, -0.2) is 4.79 Å². The van der Waals surface area contributed by atoms with Crippen molar-refractivity contribution in [2.75, 3.05) is 0 Å². The van der Waals surface area contributed by atoms with Crippen LogP contribution in [0.5, 0.6) is 17.2 Å². The molecule has 0 N–H and O–H groups in total. The molecule has 0 aliphatic carbocycles. The molecule has 0 saturated heterocycles. The van der Waals surface area contributed by atoms with Gasteiger partial charge in [-0.2, -0.15) is 0 Å². The van der Waals surface area contributed by atoms with Crippen LogP contribution in [-0.2, 0) is 4.79 Å². The van der Waals surface area contributed by atoms with Crippen molar-refractivity contribution in [3.63, 3.8) is 0 Å². The Morgan fingerprint density at radius 3 is 2.13 bits per heavy atom. The van der Waals surface area contributed by atoms with Gasteiger partial charge in [0.1, 0.15) is 34.5 Å². The maximum Gasteiger partial charge on any atom is 0.343 e. The summed E-state index contributed by atoms with van der Waals surface area (Å²) in [6.45, 7) is 12.1.